The fraction of sp³-hybridized carbons (Fsp3) is 0.500. The summed E-state index contributed by atoms with van der Waals surface area (Å²) >= 11 is 5.40. The Hall–Kier alpha value is -0.750. The van der Waals surface area contributed by atoms with Gasteiger partial charge in [-0.05, 0) is 0 Å². The molecule has 3 nitrogen and oxygen atoms in total. The van der Waals surface area contributed by atoms with Crippen molar-refractivity contribution in [1.29, 1.82) is 0 Å². The van der Waals surface area contributed by atoms with Gasteiger partial charge in [-0.1, -0.05) is 11.6 Å². The van der Waals surface area contributed by atoms with Crippen LogP contribution in [0, 0.1) is 0 Å². The van der Waals surface area contributed by atoms with Crippen molar-refractivity contribution in [2.45, 2.75) is 12.3 Å². The number of aliphatic hydroxyl groups excluding tert-OH is 1. The zero-order valence-electron chi connectivity index (χ0n) is 6.51. The van der Waals surface area contributed by atoms with Crippen LogP contribution in [-0.4, -0.2) is 21.1 Å². The van der Waals surface area contributed by atoms with E-state index in [-0.39, 0.29) is 5.02 Å². The van der Waals surface area contributed by atoms with Gasteiger partial charge in [0.1, 0.15) is 0 Å². The standard InChI is InChI=1S/C6H6ClF3N2O/c1-12-4(3(7)2-11-12)5(13)6(8,9)10/h2,5,13H,1H3/t5-/m0/s1. The van der Waals surface area contributed by atoms with Crippen LogP contribution in [0.1, 0.15) is 11.8 Å². The summed E-state index contributed by atoms with van der Waals surface area (Å²) < 4.78 is 37.0. The number of aryl methyl sites for hydroxylation is 1. The van der Waals surface area contributed by atoms with Gasteiger partial charge in [0.25, 0.3) is 0 Å². The molecule has 1 N–H and O–H groups in total. The van der Waals surface area contributed by atoms with E-state index in [1.165, 1.54) is 7.05 Å². The van der Waals surface area contributed by atoms with Crippen molar-refractivity contribution in [1.82, 2.24) is 9.78 Å². The highest BCUT2D eigenvalue weighted by atomic mass is 35.5. The molecule has 1 atom stereocenters. The predicted octanol–water partition coefficient (Wildman–Crippen LogP) is 1.67. The molecule has 0 bridgehead atoms. The summed E-state index contributed by atoms with van der Waals surface area (Å²) in [4.78, 5) is 0. The van der Waals surface area contributed by atoms with E-state index in [4.69, 9.17) is 16.7 Å². The Bertz CT molecular complexity index is 290. The summed E-state index contributed by atoms with van der Waals surface area (Å²) in [6.45, 7) is 0. The van der Waals surface area contributed by atoms with E-state index >= 15 is 0 Å². The predicted molar refractivity (Wildman–Crippen MR) is 39.2 cm³/mol. The Labute approximate surface area is 76.7 Å². The minimum atomic E-state index is -4.72. The van der Waals surface area contributed by atoms with Gasteiger partial charge in [-0.2, -0.15) is 18.3 Å². The molecule has 0 spiro atoms. The molecular weight excluding hydrogens is 209 g/mol. The highest BCUT2D eigenvalue weighted by Gasteiger charge is 2.42. The molecule has 1 aromatic heterocycles. The highest BCUT2D eigenvalue weighted by molar-refractivity contribution is 6.31. The van der Waals surface area contributed by atoms with Crippen molar-refractivity contribution in [3.8, 4) is 0 Å². The lowest BCUT2D eigenvalue weighted by Crippen LogP contribution is -2.22. The third kappa shape index (κ3) is 1.94. The zero-order valence-corrected chi connectivity index (χ0v) is 7.26. The van der Waals surface area contributed by atoms with E-state index in [9.17, 15) is 13.2 Å². The van der Waals surface area contributed by atoms with Crippen molar-refractivity contribution < 1.29 is 18.3 Å². The third-order valence-electron chi connectivity index (χ3n) is 1.51. The molecule has 0 aromatic carbocycles. The van der Waals surface area contributed by atoms with Crippen LogP contribution < -0.4 is 0 Å². The van der Waals surface area contributed by atoms with Crippen LogP contribution in [0.15, 0.2) is 6.20 Å². The molecule has 0 amide bonds. The maximum Gasteiger partial charge on any atom is 0.420 e. The van der Waals surface area contributed by atoms with Crippen molar-refractivity contribution >= 4 is 11.6 Å². The Morgan fingerprint density at radius 3 is 2.46 bits per heavy atom. The monoisotopic (exact) mass is 214 g/mol. The summed E-state index contributed by atoms with van der Waals surface area (Å²) in [7, 11) is 1.27. The SMILES string of the molecule is Cn1ncc(Cl)c1[C@H](O)C(F)(F)F. The molecular formula is C6H6ClF3N2O. The van der Waals surface area contributed by atoms with E-state index in [1.54, 1.807) is 0 Å². The first kappa shape index (κ1) is 10.3. The van der Waals surface area contributed by atoms with Gasteiger partial charge >= 0.3 is 6.18 Å². The Morgan fingerprint density at radius 2 is 2.15 bits per heavy atom. The van der Waals surface area contributed by atoms with Gasteiger partial charge in [0.05, 0.1) is 16.9 Å². The van der Waals surface area contributed by atoms with Crippen molar-refractivity contribution in [2.75, 3.05) is 0 Å². The van der Waals surface area contributed by atoms with Crippen LogP contribution in [0.4, 0.5) is 13.2 Å². The van der Waals surface area contributed by atoms with Crippen LogP contribution in [0.3, 0.4) is 0 Å². The van der Waals surface area contributed by atoms with E-state index in [0.717, 1.165) is 10.9 Å². The average Bonchev–Trinajstić information content (AvgIpc) is 2.28. The number of alkyl halides is 3. The Balaban J connectivity index is 3.08. The summed E-state index contributed by atoms with van der Waals surface area (Å²) in [6, 6.07) is 0. The van der Waals surface area contributed by atoms with Crippen LogP contribution >= 0.6 is 11.6 Å². The second kappa shape index (κ2) is 3.19. The first-order valence-electron chi connectivity index (χ1n) is 3.26. The lowest BCUT2D eigenvalue weighted by Gasteiger charge is -2.14. The summed E-state index contributed by atoms with van der Waals surface area (Å²) in [5, 5.41) is 12.1. The molecule has 1 rings (SSSR count). The number of hydrogen-bond donors (Lipinski definition) is 1. The normalized spacial score (nSPS) is 14.6. The number of halogens is 4. The van der Waals surface area contributed by atoms with Gasteiger partial charge in [0.2, 0.25) is 0 Å². The molecule has 0 aliphatic heterocycles. The molecule has 0 saturated carbocycles. The van der Waals surface area contributed by atoms with Gasteiger partial charge in [0.15, 0.2) is 6.10 Å². The molecule has 13 heavy (non-hydrogen) atoms. The second-order valence-electron chi connectivity index (χ2n) is 2.45. The molecule has 74 valence electrons. The molecule has 0 saturated heterocycles. The number of nitrogens with zero attached hydrogens (tertiary/aromatic N) is 2. The quantitative estimate of drug-likeness (QED) is 0.772. The summed E-state index contributed by atoms with van der Waals surface area (Å²) in [6.07, 6.45) is -6.27. The summed E-state index contributed by atoms with van der Waals surface area (Å²) in [5.41, 5.74) is -0.450. The van der Waals surface area contributed by atoms with E-state index < -0.39 is 18.0 Å². The molecule has 0 fully saturated rings. The number of rotatable bonds is 1. The second-order valence-corrected chi connectivity index (χ2v) is 2.85. The fourth-order valence-electron chi connectivity index (χ4n) is 0.883. The minimum Gasteiger partial charge on any atom is -0.378 e. The maximum atomic E-state index is 12.0. The Kier molecular flexibility index (Phi) is 2.53. The van der Waals surface area contributed by atoms with Crippen molar-refractivity contribution in [3.05, 3.63) is 16.9 Å². The summed E-state index contributed by atoms with van der Waals surface area (Å²) in [5.74, 6) is 0. The first-order chi connectivity index (χ1) is 5.84. The molecule has 1 aromatic rings. The average molecular weight is 215 g/mol. The fourth-order valence-corrected chi connectivity index (χ4v) is 1.15. The third-order valence-corrected chi connectivity index (χ3v) is 1.80. The number of aromatic nitrogens is 2. The molecule has 0 aliphatic carbocycles. The minimum absolute atomic E-state index is 0.202. The maximum absolute atomic E-state index is 12.0. The van der Waals surface area contributed by atoms with Gasteiger partial charge in [0, 0.05) is 7.05 Å². The van der Waals surface area contributed by atoms with E-state index in [2.05, 4.69) is 5.10 Å². The Morgan fingerprint density at radius 1 is 1.62 bits per heavy atom. The van der Waals surface area contributed by atoms with Crippen LogP contribution in [0.2, 0.25) is 5.02 Å². The number of aliphatic hydroxyl groups is 1. The molecule has 0 radical (unpaired) electrons. The lowest BCUT2D eigenvalue weighted by atomic mass is 10.2. The van der Waals surface area contributed by atoms with Crippen LogP contribution in [0.5, 0.6) is 0 Å². The van der Waals surface area contributed by atoms with Crippen LogP contribution in [-0.2, 0) is 7.05 Å². The van der Waals surface area contributed by atoms with Gasteiger partial charge < -0.3 is 5.11 Å². The van der Waals surface area contributed by atoms with Gasteiger partial charge in [-0.15, -0.1) is 0 Å². The van der Waals surface area contributed by atoms with Gasteiger partial charge in [-0.25, -0.2) is 0 Å². The smallest absolute Gasteiger partial charge is 0.378 e. The first-order valence-corrected chi connectivity index (χ1v) is 3.64. The lowest BCUT2D eigenvalue weighted by molar-refractivity contribution is -0.208. The van der Waals surface area contributed by atoms with E-state index in [0.29, 0.717) is 0 Å². The molecule has 0 unspecified atom stereocenters. The van der Waals surface area contributed by atoms with E-state index in [1.807, 2.05) is 0 Å². The number of hydrogen-bond acceptors (Lipinski definition) is 2. The molecule has 0 aliphatic rings. The van der Waals surface area contributed by atoms with Gasteiger partial charge in [-0.3, -0.25) is 4.68 Å². The highest BCUT2D eigenvalue weighted by Crippen LogP contribution is 2.35. The topological polar surface area (TPSA) is 38.0 Å². The zero-order chi connectivity index (χ0) is 10.2. The molecule has 7 heteroatoms. The van der Waals surface area contributed by atoms with Crippen molar-refractivity contribution in [3.63, 3.8) is 0 Å². The van der Waals surface area contributed by atoms with Crippen molar-refractivity contribution in [2.24, 2.45) is 7.05 Å². The molecule has 1 heterocycles. The van der Waals surface area contributed by atoms with Crippen LogP contribution in [0.25, 0.3) is 0 Å². The largest absolute Gasteiger partial charge is 0.420 e.